The second kappa shape index (κ2) is 7.28. The van der Waals surface area contributed by atoms with Gasteiger partial charge in [0.25, 0.3) is 0 Å². The minimum Gasteiger partial charge on any atom is -0.353 e. The number of benzene rings is 1. The van der Waals surface area contributed by atoms with Crippen LogP contribution in [-0.4, -0.2) is 17.9 Å². The molecule has 2 atom stereocenters. The molecule has 6 heteroatoms. The fraction of sp³-hybridized carbons (Fsp3) is 0.556. The maximum atomic E-state index is 13.2. The molecule has 0 aliphatic heterocycles. The normalized spacial score (nSPS) is 24.1. The van der Waals surface area contributed by atoms with E-state index in [-0.39, 0.29) is 35.4 Å². The van der Waals surface area contributed by atoms with Crippen LogP contribution in [0, 0.1) is 23.5 Å². The number of amides is 2. The summed E-state index contributed by atoms with van der Waals surface area (Å²) in [4.78, 5) is 24.4. The Morgan fingerprint density at radius 2 is 1.58 bits per heavy atom. The maximum absolute atomic E-state index is 13.2. The number of anilines is 1. The monoisotopic (exact) mass is 336 g/mol. The molecule has 2 unspecified atom stereocenters. The third-order valence-corrected chi connectivity index (χ3v) is 4.85. The second-order valence-electron chi connectivity index (χ2n) is 6.76. The van der Waals surface area contributed by atoms with E-state index in [9.17, 15) is 18.4 Å². The van der Waals surface area contributed by atoms with Gasteiger partial charge in [-0.1, -0.05) is 25.7 Å². The summed E-state index contributed by atoms with van der Waals surface area (Å²) in [7, 11) is 0. The van der Waals surface area contributed by atoms with Crippen LogP contribution in [0.25, 0.3) is 0 Å². The highest BCUT2D eigenvalue weighted by atomic mass is 19.2. The van der Waals surface area contributed by atoms with Crippen molar-refractivity contribution >= 4 is 17.5 Å². The van der Waals surface area contributed by atoms with Crippen LogP contribution in [0.1, 0.15) is 44.9 Å². The van der Waals surface area contributed by atoms with E-state index in [1.807, 2.05) is 0 Å². The summed E-state index contributed by atoms with van der Waals surface area (Å²) >= 11 is 0. The van der Waals surface area contributed by atoms with E-state index in [4.69, 9.17) is 0 Å². The summed E-state index contributed by atoms with van der Waals surface area (Å²) in [5, 5.41) is 5.60. The molecular formula is C18H22F2N2O2. The van der Waals surface area contributed by atoms with Crippen LogP contribution >= 0.6 is 0 Å². The molecule has 2 saturated carbocycles. The topological polar surface area (TPSA) is 58.2 Å². The lowest BCUT2D eigenvalue weighted by Crippen LogP contribution is -2.36. The minimum atomic E-state index is -1.01. The van der Waals surface area contributed by atoms with Gasteiger partial charge in [-0.05, 0) is 31.4 Å². The first-order valence-electron chi connectivity index (χ1n) is 8.61. The van der Waals surface area contributed by atoms with Gasteiger partial charge in [0.15, 0.2) is 11.6 Å². The van der Waals surface area contributed by atoms with Crippen molar-refractivity contribution in [3.63, 3.8) is 0 Å². The molecule has 0 aromatic heterocycles. The molecule has 130 valence electrons. The quantitative estimate of drug-likeness (QED) is 0.828. The van der Waals surface area contributed by atoms with Crippen molar-refractivity contribution < 1.29 is 18.4 Å². The molecule has 0 radical (unpaired) electrons. The lowest BCUT2D eigenvalue weighted by Gasteiger charge is -2.16. The number of hydrogen-bond donors (Lipinski definition) is 2. The zero-order valence-corrected chi connectivity index (χ0v) is 13.5. The Hall–Kier alpha value is -1.98. The molecule has 1 aromatic rings. The van der Waals surface area contributed by atoms with E-state index in [0.717, 1.165) is 37.8 Å². The fourth-order valence-corrected chi connectivity index (χ4v) is 3.32. The molecule has 4 nitrogen and oxygen atoms in total. The second-order valence-corrected chi connectivity index (χ2v) is 6.76. The molecule has 2 amide bonds. The van der Waals surface area contributed by atoms with Crippen molar-refractivity contribution in [2.45, 2.75) is 51.0 Å². The van der Waals surface area contributed by atoms with E-state index >= 15 is 0 Å². The van der Waals surface area contributed by atoms with E-state index in [0.29, 0.717) is 6.42 Å². The Morgan fingerprint density at radius 3 is 2.25 bits per heavy atom. The van der Waals surface area contributed by atoms with Crippen molar-refractivity contribution in [3.05, 3.63) is 29.8 Å². The maximum Gasteiger partial charge on any atom is 0.228 e. The Morgan fingerprint density at radius 1 is 0.917 bits per heavy atom. The lowest BCUT2D eigenvalue weighted by molar-refractivity contribution is -0.125. The van der Waals surface area contributed by atoms with E-state index < -0.39 is 11.6 Å². The van der Waals surface area contributed by atoms with E-state index in [1.54, 1.807) is 0 Å². The standard InChI is InChI=1S/C18H22F2N2O2/c19-15-8-7-12(9-16(15)20)22-18(24)14-10-13(14)17(23)21-11-5-3-1-2-4-6-11/h7-9,11,13-14H,1-6,10H2,(H,21,23)(H,22,24). The zero-order valence-electron chi connectivity index (χ0n) is 13.5. The number of nitrogens with one attached hydrogen (secondary N) is 2. The highest BCUT2D eigenvalue weighted by Crippen LogP contribution is 2.40. The SMILES string of the molecule is O=C(Nc1ccc(F)c(F)c1)C1CC1C(=O)NC1CCCCCC1. The molecule has 2 aliphatic carbocycles. The van der Waals surface area contributed by atoms with Crippen LogP contribution < -0.4 is 10.6 Å². The molecule has 24 heavy (non-hydrogen) atoms. The molecule has 2 aliphatic rings. The first kappa shape index (κ1) is 16.9. The Labute approximate surface area is 140 Å². The summed E-state index contributed by atoms with van der Waals surface area (Å²) < 4.78 is 26.0. The van der Waals surface area contributed by atoms with Gasteiger partial charge in [0.1, 0.15) is 0 Å². The molecule has 0 saturated heterocycles. The summed E-state index contributed by atoms with van der Waals surface area (Å²) in [5.41, 5.74) is 0.203. The van der Waals surface area contributed by atoms with Crippen LogP contribution in [-0.2, 0) is 9.59 Å². The number of hydrogen-bond acceptors (Lipinski definition) is 2. The Kier molecular flexibility index (Phi) is 5.11. The van der Waals surface area contributed by atoms with Gasteiger partial charge in [0, 0.05) is 17.8 Å². The van der Waals surface area contributed by atoms with Gasteiger partial charge in [-0.25, -0.2) is 8.78 Å². The number of carbonyl (C=O) groups excluding carboxylic acids is 2. The first-order valence-corrected chi connectivity index (χ1v) is 8.61. The summed E-state index contributed by atoms with van der Waals surface area (Å²) in [6.45, 7) is 0. The summed E-state index contributed by atoms with van der Waals surface area (Å²) in [6.07, 6.45) is 7.22. The highest BCUT2D eigenvalue weighted by molar-refractivity contribution is 5.99. The van der Waals surface area contributed by atoms with Crippen LogP contribution in [0.15, 0.2) is 18.2 Å². The van der Waals surface area contributed by atoms with Crippen LogP contribution in [0.5, 0.6) is 0 Å². The molecule has 3 rings (SSSR count). The highest BCUT2D eigenvalue weighted by Gasteiger charge is 2.48. The van der Waals surface area contributed by atoms with Crippen LogP contribution in [0.2, 0.25) is 0 Å². The van der Waals surface area contributed by atoms with Crippen molar-refractivity contribution in [2.24, 2.45) is 11.8 Å². The zero-order chi connectivity index (χ0) is 17.1. The van der Waals surface area contributed by atoms with Gasteiger partial charge in [-0.2, -0.15) is 0 Å². The molecule has 0 spiro atoms. The fourth-order valence-electron chi connectivity index (χ4n) is 3.32. The van der Waals surface area contributed by atoms with Gasteiger partial charge in [0.2, 0.25) is 11.8 Å². The predicted molar refractivity (Wildman–Crippen MR) is 86.2 cm³/mol. The van der Waals surface area contributed by atoms with E-state index in [1.165, 1.54) is 18.9 Å². The van der Waals surface area contributed by atoms with Crippen molar-refractivity contribution in [3.8, 4) is 0 Å². The smallest absolute Gasteiger partial charge is 0.228 e. The van der Waals surface area contributed by atoms with Crippen LogP contribution in [0.4, 0.5) is 14.5 Å². The summed E-state index contributed by atoms with van der Waals surface area (Å²) in [5.74, 6) is -3.04. The predicted octanol–water partition coefficient (Wildman–Crippen LogP) is 3.38. The van der Waals surface area contributed by atoms with Gasteiger partial charge >= 0.3 is 0 Å². The van der Waals surface area contributed by atoms with Crippen molar-refractivity contribution in [2.75, 3.05) is 5.32 Å². The number of carbonyl (C=O) groups is 2. The van der Waals surface area contributed by atoms with Gasteiger partial charge in [-0.15, -0.1) is 0 Å². The largest absolute Gasteiger partial charge is 0.353 e. The first-order chi connectivity index (χ1) is 11.5. The molecule has 2 fully saturated rings. The molecule has 2 N–H and O–H groups in total. The Balaban J connectivity index is 1.49. The van der Waals surface area contributed by atoms with E-state index in [2.05, 4.69) is 10.6 Å². The van der Waals surface area contributed by atoms with Crippen molar-refractivity contribution in [1.82, 2.24) is 5.32 Å². The van der Waals surface area contributed by atoms with Crippen LogP contribution in [0.3, 0.4) is 0 Å². The Bertz CT molecular complexity index is 627. The number of halogens is 2. The molecule has 1 aromatic carbocycles. The number of rotatable bonds is 4. The third kappa shape index (κ3) is 4.10. The lowest BCUT2D eigenvalue weighted by atomic mass is 10.1. The van der Waals surface area contributed by atoms with Gasteiger partial charge in [0.05, 0.1) is 11.8 Å². The molecular weight excluding hydrogens is 314 g/mol. The van der Waals surface area contributed by atoms with Gasteiger partial charge in [-0.3, -0.25) is 9.59 Å². The summed E-state index contributed by atoms with van der Waals surface area (Å²) in [6, 6.07) is 3.43. The average molecular weight is 336 g/mol. The van der Waals surface area contributed by atoms with Gasteiger partial charge < -0.3 is 10.6 Å². The molecule has 0 bridgehead atoms. The van der Waals surface area contributed by atoms with Crippen molar-refractivity contribution in [1.29, 1.82) is 0 Å². The molecule has 0 heterocycles. The minimum absolute atomic E-state index is 0.0627. The third-order valence-electron chi connectivity index (χ3n) is 4.85. The average Bonchev–Trinajstić information content (AvgIpc) is 3.35.